The predicted octanol–water partition coefficient (Wildman–Crippen LogP) is 2.66. The van der Waals surface area contributed by atoms with E-state index >= 15 is 0 Å². The fraction of sp³-hybridized carbons (Fsp3) is 0.733. The quantitative estimate of drug-likeness (QED) is 0.852. The first-order valence-electron chi connectivity index (χ1n) is 7.69. The summed E-state index contributed by atoms with van der Waals surface area (Å²) < 4.78 is 0. The molecule has 0 atom stereocenters. The van der Waals surface area contributed by atoms with Gasteiger partial charge in [0.25, 0.3) is 0 Å². The average molecular weight is 292 g/mol. The second kappa shape index (κ2) is 6.66. The molecule has 1 aromatic rings. The summed E-state index contributed by atoms with van der Waals surface area (Å²) in [4.78, 5) is 13.6. The lowest BCUT2D eigenvalue weighted by Crippen LogP contribution is -2.33. The normalized spacial score (nSPS) is 20.4. The molecule has 3 rings (SSSR count). The van der Waals surface area contributed by atoms with Crippen molar-refractivity contribution in [3.63, 3.8) is 0 Å². The van der Waals surface area contributed by atoms with Crippen LogP contribution in [0, 0.1) is 5.92 Å². The van der Waals surface area contributed by atoms with Crippen molar-refractivity contribution < 1.29 is 0 Å². The van der Waals surface area contributed by atoms with Crippen LogP contribution in [0.3, 0.4) is 0 Å². The molecule has 1 aromatic heterocycles. The minimum Gasteiger partial charge on any atom is -0.359 e. The Kier molecular flexibility index (Phi) is 4.65. The summed E-state index contributed by atoms with van der Waals surface area (Å²) in [7, 11) is 2.16. The second-order valence-corrected chi connectivity index (χ2v) is 7.09. The number of nitrogens with zero attached hydrogens (tertiary/aromatic N) is 4. The number of aromatic nitrogens is 2. The van der Waals surface area contributed by atoms with Crippen LogP contribution in [0.5, 0.6) is 0 Å². The lowest BCUT2D eigenvalue weighted by molar-refractivity contribution is 0.545. The van der Waals surface area contributed by atoms with Crippen LogP contribution in [0.25, 0.3) is 0 Å². The van der Waals surface area contributed by atoms with E-state index in [-0.39, 0.29) is 0 Å². The smallest absolute Gasteiger partial charge is 0.134 e. The van der Waals surface area contributed by atoms with Crippen molar-refractivity contribution in [1.82, 2.24) is 9.97 Å². The zero-order valence-electron chi connectivity index (χ0n) is 12.3. The molecule has 1 saturated heterocycles. The molecular weight excluding hydrogens is 268 g/mol. The fourth-order valence-electron chi connectivity index (χ4n) is 3.19. The average Bonchev–Trinajstić information content (AvgIpc) is 3.01. The predicted molar refractivity (Wildman–Crippen MR) is 86.8 cm³/mol. The van der Waals surface area contributed by atoms with Gasteiger partial charge in [0.1, 0.15) is 18.0 Å². The first-order valence-corrected chi connectivity index (χ1v) is 8.84. The van der Waals surface area contributed by atoms with E-state index in [2.05, 4.69) is 32.9 Å². The van der Waals surface area contributed by atoms with Crippen LogP contribution in [0.2, 0.25) is 0 Å². The van der Waals surface area contributed by atoms with E-state index in [4.69, 9.17) is 0 Å². The van der Waals surface area contributed by atoms with Crippen LogP contribution < -0.4 is 9.80 Å². The van der Waals surface area contributed by atoms with Crippen LogP contribution in [0.15, 0.2) is 12.4 Å². The molecule has 1 aliphatic carbocycles. The summed E-state index contributed by atoms with van der Waals surface area (Å²) in [6.45, 7) is 3.34. The Bertz CT molecular complexity index is 428. The monoisotopic (exact) mass is 292 g/mol. The maximum absolute atomic E-state index is 4.46. The molecule has 4 nitrogen and oxygen atoms in total. The Morgan fingerprint density at radius 1 is 1.25 bits per heavy atom. The molecule has 1 saturated carbocycles. The number of hydrogen-bond acceptors (Lipinski definition) is 5. The highest BCUT2D eigenvalue weighted by Crippen LogP contribution is 2.27. The third-order valence-electron chi connectivity index (χ3n) is 4.37. The molecule has 0 N–H and O–H groups in total. The van der Waals surface area contributed by atoms with Crippen LogP contribution in [0.1, 0.15) is 25.7 Å². The van der Waals surface area contributed by atoms with E-state index in [1.807, 2.05) is 11.8 Å². The number of thioether (sulfide) groups is 1. The SMILES string of the molecule is CN(CC1CCCC1)c1cc(N2CCSCC2)ncn1. The number of anilines is 2. The molecule has 0 unspecified atom stereocenters. The van der Waals surface area contributed by atoms with Crippen molar-refractivity contribution in [1.29, 1.82) is 0 Å². The molecule has 0 aromatic carbocycles. The van der Waals surface area contributed by atoms with Gasteiger partial charge in [-0.15, -0.1) is 0 Å². The van der Waals surface area contributed by atoms with Gasteiger partial charge in [-0.2, -0.15) is 11.8 Å². The van der Waals surface area contributed by atoms with Crippen LogP contribution in [0.4, 0.5) is 11.6 Å². The Morgan fingerprint density at radius 2 is 2.00 bits per heavy atom. The Labute approximate surface area is 126 Å². The number of hydrogen-bond donors (Lipinski definition) is 0. The summed E-state index contributed by atoms with van der Waals surface area (Å²) in [5.41, 5.74) is 0. The van der Waals surface area contributed by atoms with E-state index in [9.17, 15) is 0 Å². The molecule has 5 heteroatoms. The largest absolute Gasteiger partial charge is 0.359 e. The molecule has 1 aliphatic heterocycles. The van der Waals surface area contributed by atoms with Crippen molar-refractivity contribution >= 4 is 23.4 Å². The summed E-state index contributed by atoms with van der Waals surface area (Å²) in [5, 5.41) is 0. The summed E-state index contributed by atoms with van der Waals surface area (Å²) >= 11 is 2.03. The Balaban J connectivity index is 1.66. The van der Waals surface area contributed by atoms with Crippen molar-refractivity contribution in [3.8, 4) is 0 Å². The topological polar surface area (TPSA) is 32.3 Å². The van der Waals surface area contributed by atoms with Gasteiger partial charge in [-0.05, 0) is 18.8 Å². The van der Waals surface area contributed by atoms with Crippen LogP contribution in [-0.2, 0) is 0 Å². The first-order chi connectivity index (χ1) is 9.83. The summed E-state index contributed by atoms with van der Waals surface area (Å²) in [6, 6.07) is 2.16. The van der Waals surface area contributed by atoms with Gasteiger partial charge in [0.15, 0.2) is 0 Å². The third kappa shape index (κ3) is 3.37. The Hall–Kier alpha value is -0.970. The van der Waals surface area contributed by atoms with Crippen molar-refractivity contribution in [2.45, 2.75) is 25.7 Å². The van der Waals surface area contributed by atoms with Gasteiger partial charge in [0.05, 0.1) is 0 Å². The second-order valence-electron chi connectivity index (χ2n) is 5.86. The zero-order chi connectivity index (χ0) is 13.8. The molecule has 0 amide bonds. The molecule has 2 fully saturated rings. The van der Waals surface area contributed by atoms with Gasteiger partial charge in [-0.3, -0.25) is 0 Å². The van der Waals surface area contributed by atoms with Gasteiger partial charge in [-0.1, -0.05) is 12.8 Å². The maximum atomic E-state index is 4.46. The van der Waals surface area contributed by atoms with Gasteiger partial charge in [0.2, 0.25) is 0 Å². The lowest BCUT2D eigenvalue weighted by Gasteiger charge is -2.28. The highest BCUT2D eigenvalue weighted by atomic mass is 32.2. The Morgan fingerprint density at radius 3 is 2.75 bits per heavy atom. The third-order valence-corrected chi connectivity index (χ3v) is 5.31. The van der Waals surface area contributed by atoms with E-state index in [0.29, 0.717) is 0 Å². The lowest BCUT2D eigenvalue weighted by atomic mass is 10.1. The van der Waals surface area contributed by atoms with E-state index in [1.54, 1.807) is 6.33 Å². The highest BCUT2D eigenvalue weighted by Gasteiger charge is 2.19. The molecule has 110 valence electrons. The highest BCUT2D eigenvalue weighted by molar-refractivity contribution is 7.99. The zero-order valence-corrected chi connectivity index (χ0v) is 13.1. The first kappa shape index (κ1) is 14.0. The molecule has 0 spiro atoms. The fourth-order valence-corrected chi connectivity index (χ4v) is 4.09. The van der Waals surface area contributed by atoms with Gasteiger partial charge >= 0.3 is 0 Å². The van der Waals surface area contributed by atoms with Crippen LogP contribution >= 0.6 is 11.8 Å². The summed E-state index contributed by atoms with van der Waals surface area (Å²) in [5.74, 6) is 5.42. The molecule has 2 aliphatic rings. The van der Waals surface area contributed by atoms with Gasteiger partial charge < -0.3 is 9.80 Å². The minimum atomic E-state index is 0.852. The minimum absolute atomic E-state index is 0.852. The van der Waals surface area contributed by atoms with Gasteiger partial charge in [0, 0.05) is 44.3 Å². The molecular formula is C15H24N4S. The van der Waals surface area contributed by atoms with Crippen LogP contribution in [-0.4, -0.2) is 48.2 Å². The number of rotatable bonds is 4. The van der Waals surface area contributed by atoms with Gasteiger partial charge in [-0.25, -0.2) is 9.97 Å². The molecule has 2 heterocycles. The maximum Gasteiger partial charge on any atom is 0.134 e. The van der Waals surface area contributed by atoms with Crippen molar-refractivity contribution in [2.24, 2.45) is 5.92 Å². The molecule has 0 bridgehead atoms. The summed E-state index contributed by atoms with van der Waals surface area (Å²) in [6.07, 6.45) is 7.28. The van der Waals surface area contributed by atoms with E-state index < -0.39 is 0 Å². The van der Waals surface area contributed by atoms with E-state index in [0.717, 1.165) is 37.2 Å². The van der Waals surface area contributed by atoms with E-state index in [1.165, 1.54) is 37.2 Å². The molecule has 20 heavy (non-hydrogen) atoms. The standard InChI is InChI=1S/C15H24N4S/c1-18(11-13-4-2-3-5-13)14-10-15(17-12-16-14)19-6-8-20-9-7-19/h10,12-13H,2-9,11H2,1H3. The van der Waals surface area contributed by atoms with Crippen molar-refractivity contribution in [2.75, 3.05) is 48.0 Å². The van der Waals surface area contributed by atoms with Crippen molar-refractivity contribution in [3.05, 3.63) is 12.4 Å². The molecule has 0 radical (unpaired) electrons.